The fourth-order valence-electron chi connectivity index (χ4n) is 2.86. The lowest BCUT2D eigenvalue weighted by molar-refractivity contribution is -0.384. The maximum atomic E-state index is 13.2. The number of nitro groups is 1. The van der Waals surface area contributed by atoms with Crippen molar-refractivity contribution in [2.45, 2.75) is 25.6 Å². The van der Waals surface area contributed by atoms with Crippen LogP contribution in [0.25, 0.3) is 0 Å². The molecule has 2 aromatic rings. The first-order valence-corrected chi connectivity index (χ1v) is 10.4. The number of nitro benzene ring substituents is 1. The average Bonchev–Trinajstić information content (AvgIpc) is 2.64. The van der Waals surface area contributed by atoms with Crippen molar-refractivity contribution in [3.8, 4) is 0 Å². The van der Waals surface area contributed by atoms with Gasteiger partial charge in [0.15, 0.2) is 0 Å². The van der Waals surface area contributed by atoms with Crippen LogP contribution >= 0.6 is 0 Å². The molecule has 30 heavy (non-hydrogen) atoms. The molecule has 12 heteroatoms. The third kappa shape index (κ3) is 5.26. The highest BCUT2D eigenvalue weighted by atomic mass is 32.2. The molecule has 0 saturated heterocycles. The molecular weight excluding hydrogens is 427 g/mol. The Bertz CT molecular complexity index is 1060. The molecule has 1 atom stereocenters. The Morgan fingerprint density at radius 1 is 1.20 bits per heavy atom. The number of carbonyl (C=O) groups is 1. The summed E-state index contributed by atoms with van der Waals surface area (Å²) in [6.07, 6.45) is -4.04. The van der Waals surface area contributed by atoms with Crippen LogP contribution in [0.5, 0.6) is 0 Å². The molecule has 0 aromatic heterocycles. The van der Waals surface area contributed by atoms with Crippen molar-refractivity contribution < 1.29 is 31.3 Å². The Balaban J connectivity index is 2.48. The molecule has 0 spiro atoms. The van der Waals surface area contributed by atoms with Crippen molar-refractivity contribution in [3.63, 3.8) is 0 Å². The van der Waals surface area contributed by atoms with E-state index in [-0.39, 0.29) is 12.1 Å². The second-order valence-corrected chi connectivity index (χ2v) is 8.15. The molecule has 1 amide bonds. The van der Waals surface area contributed by atoms with Crippen LogP contribution in [0.4, 0.5) is 30.2 Å². The summed E-state index contributed by atoms with van der Waals surface area (Å²) in [4.78, 5) is 23.1. The zero-order chi connectivity index (χ0) is 22.7. The molecule has 0 aliphatic rings. The smallest absolute Gasteiger partial charge is 0.324 e. The van der Waals surface area contributed by atoms with Crippen LogP contribution in [0.3, 0.4) is 0 Å². The van der Waals surface area contributed by atoms with E-state index in [1.165, 1.54) is 25.1 Å². The maximum absolute atomic E-state index is 13.2. The number of nitrogens with zero attached hydrogens (tertiary/aromatic N) is 2. The van der Waals surface area contributed by atoms with E-state index in [0.29, 0.717) is 4.31 Å². The SMILES string of the molecule is CC[C@@H](C(=O)Nc1ccccc1C(F)(F)F)N(c1cccc([N+](=O)[O-])c1)S(C)(=O)=O. The predicted molar refractivity (Wildman–Crippen MR) is 105 cm³/mol. The zero-order valence-corrected chi connectivity index (χ0v) is 16.7. The van der Waals surface area contributed by atoms with Gasteiger partial charge in [-0.05, 0) is 24.6 Å². The van der Waals surface area contributed by atoms with E-state index in [4.69, 9.17) is 0 Å². The Labute approximate surface area is 170 Å². The first-order chi connectivity index (χ1) is 13.9. The number of benzene rings is 2. The van der Waals surface area contributed by atoms with E-state index in [2.05, 4.69) is 5.32 Å². The average molecular weight is 445 g/mol. The number of hydrogen-bond acceptors (Lipinski definition) is 5. The van der Waals surface area contributed by atoms with Crippen molar-refractivity contribution in [1.29, 1.82) is 0 Å². The Morgan fingerprint density at radius 3 is 2.37 bits per heavy atom. The molecule has 162 valence electrons. The number of sulfonamides is 1. The summed E-state index contributed by atoms with van der Waals surface area (Å²) in [6.45, 7) is 1.47. The lowest BCUT2D eigenvalue weighted by Gasteiger charge is -2.30. The zero-order valence-electron chi connectivity index (χ0n) is 15.9. The molecular formula is C18H18F3N3O5S. The number of alkyl halides is 3. The molecule has 0 aliphatic carbocycles. The predicted octanol–water partition coefficient (Wildman–Crippen LogP) is 3.80. The minimum Gasteiger partial charge on any atom is -0.324 e. The molecule has 0 fully saturated rings. The maximum Gasteiger partial charge on any atom is 0.418 e. The third-order valence-corrected chi connectivity index (χ3v) is 5.29. The molecule has 0 bridgehead atoms. The van der Waals surface area contributed by atoms with Gasteiger partial charge in [0.25, 0.3) is 5.69 Å². The first kappa shape index (κ1) is 23.1. The van der Waals surface area contributed by atoms with Gasteiger partial charge in [-0.25, -0.2) is 8.42 Å². The van der Waals surface area contributed by atoms with E-state index < -0.39 is 50.0 Å². The quantitative estimate of drug-likeness (QED) is 0.515. The number of anilines is 2. The van der Waals surface area contributed by atoms with Crippen LogP contribution in [-0.2, 0) is 21.0 Å². The van der Waals surface area contributed by atoms with Gasteiger partial charge in [-0.1, -0.05) is 25.1 Å². The van der Waals surface area contributed by atoms with Crippen molar-refractivity contribution in [2.24, 2.45) is 0 Å². The molecule has 1 N–H and O–H groups in total. The number of hydrogen-bond donors (Lipinski definition) is 1. The highest BCUT2D eigenvalue weighted by Gasteiger charge is 2.36. The summed E-state index contributed by atoms with van der Waals surface area (Å²) in [5, 5.41) is 13.2. The van der Waals surface area contributed by atoms with Crippen LogP contribution in [0.15, 0.2) is 48.5 Å². The van der Waals surface area contributed by atoms with Crippen LogP contribution in [0.2, 0.25) is 0 Å². The van der Waals surface area contributed by atoms with Crippen molar-refractivity contribution in [2.75, 3.05) is 15.9 Å². The van der Waals surface area contributed by atoms with Gasteiger partial charge >= 0.3 is 6.18 Å². The fraction of sp³-hybridized carbons (Fsp3) is 0.278. The molecule has 0 radical (unpaired) electrons. The number of amides is 1. The van der Waals surface area contributed by atoms with E-state index in [9.17, 15) is 36.5 Å². The Morgan fingerprint density at radius 2 is 1.83 bits per heavy atom. The van der Waals surface area contributed by atoms with Crippen LogP contribution in [-0.4, -0.2) is 31.5 Å². The molecule has 0 saturated carbocycles. The summed E-state index contributed by atoms with van der Waals surface area (Å²) in [5.41, 5.74) is -2.17. The second kappa shape index (κ2) is 8.69. The van der Waals surface area contributed by atoms with Gasteiger partial charge < -0.3 is 5.32 Å². The Hall–Kier alpha value is -3.15. The van der Waals surface area contributed by atoms with Gasteiger partial charge in [0.2, 0.25) is 15.9 Å². The molecule has 0 unspecified atom stereocenters. The molecule has 2 aromatic carbocycles. The van der Waals surface area contributed by atoms with Gasteiger partial charge in [-0.2, -0.15) is 13.2 Å². The molecule has 0 aliphatic heterocycles. The van der Waals surface area contributed by atoms with Gasteiger partial charge in [0, 0.05) is 12.1 Å². The van der Waals surface area contributed by atoms with E-state index in [0.717, 1.165) is 36.6 Å². The van der Waals surface area contributed by atoms with Gasteiger partial charge in [0.05, 0.1) is 28.1 Å². The topological polar surface area (TPSA) is 110 Å². The summed E-state index contributed by atoms with van der Waals surface area (Å²) >= 11 is 0. The lowest BCUT2D eigenvalue weighted by Crippen LogP contribution is -2.47. The normalized spacial score (nSPS) is 12.8. The van der Waals surface area contributed by atoms with Crippen LogP contribution in [0.1, 0.15) is 18.9 Å². The number of para-hydroxylation sites is 1. The van der Waals surface area contributed by atoms with E-state index >= 15 is 0 Å². The summed E-state index contributed by atoms with van der Waals surface area (Å²) in [7, 11) is -4.12. The van der Waals surface area contributed by atoms with Crippen LogP contribution in [0, 0.1) is 10.1 Å². The number of carbonyl (C=O) groups excluding carboxylic acids is 1. The second-order valence-electron chi connectivity index (χ2n) is 6.29. The molecule has 0 heterocycles. The standard InChI is InChI=1S/C18H18F3N3O5S/c1-3-16(17(25)22-15-10-5-4-9-14(15)18(19,20)21)23(30(2,28)29)12-7-6-8-13(11-12)24(26)27/h4-11,16H,3H2,1-2H3,(H,22,25)/t16-/m0/s1. The highest BCUT2D eigenvalue weighted by Crippen LogP contribution is 2.35. The van der Waals surface area contributed by atoms with Gasteiger partial charge in [-0.3, -0.25) is 19.2 Å². The molecule has 2 rings (SSSR count). The first-order valence-electron chi connectivity index (χ1n) is 8.57. The summed E-state index contributed by atoms with van der Waals surface area (Å²) in [6, 6.07) is 7.45. The monoisotopic (exact) mass is 445 g/mol. The number of rotatable bonds is 7. The molecule has 8 nitrogen and oxygen atoms in total. The Kier molecular flexibility index (Phi) is 6.70. The summed E-state index contributed by atoms with van der Waals surface area (Å²) in [5.74, 6) is -1.01. The minimum atomic E-state index is -4.73. The van der Waals surface area contributed by atoms with Gasteiger partial charge in [-0.15, -0.1) is 0 Å². The minimum absolute atomic E-state index is 0.101. The largest absolute Gasteiger partial charge is 0.418 e. The lowest BCUT2D eigenvalue weighted by atomic mass is 10.1. The van der Waals surface area contributed by atoms with E-state index in [1.54, 1.807) is 0 Å². The number of halogens is 3. The van der Waals surface area contributed by atoms with Gasteiger partial charge in [0.1, 0.15) is 6.04 Å². The highest BCUT2D eigenvalue weighted by molar-refractivity contribution is 7.92. The van der Waals surface area contributed by atoms with Crippen LogP contribution < -0.4 is 9.62 Å². The van der Waals surface area contributed by atoms with E-state index in [1.807, 2.05) is 0 Å². The number of non-ortho nitro benzene ring substituents is 1. The third-order valence-electron chi connectivity index (χ3n) is 4.12. The number of nitrogens with one attached hydrogen (secondary N) is 1. The van der Waals surface area contributed by atoms with Crippen molar-refractivity contribution in [1.82, 2.24) is 0 Å². The van der Waals surface area contributed by atoms with Crippen molar-refractivity contribution in [3.05, 3.63) is 64.2 Å². The summed E-state index contributed by atoms with van der Waals surface area (Å²) < 4.78 is 65.0. The fourth-order valence-corrected chi connectivity index (χ4v) is 4.06. The van der Waals surface area contributed by atoms with Crippen molar-refractivity contribution >= 4 is 33.0 Å².